The van der Waals surface area contributed by atoms with Gasteiger partial charge in [0.2, 0.25) is 14.3 Å². The molecule has 0 aromatic carbocycles. The zero-order valence-electron chi connectivity index (χ0n) is 3.25. The molecule has 0 saturated heterocycles. The Hall–Kier alpha value is 1.05. The van der Waals surface area contributed by atoms with Crippen molar-refractivity contribution in [3.63, 3.8) is 0 Å². The second-order valence-corrected chi connectivity index (χ2v) is 3.71. The quantitative estimate of drug-likeness (QED) is 0.434. The van der Waals surface area contributed by atoms with E-state index >= 15 is 0 Å². The molecule has 0 aromatic heterocycles. The molecule has 0 aliphatic carbocycles. The first-order chi connectivity index (χ1) is 3.06. The van der Waals surface area contributed by atoms with E-state index < -0.39 is 3.79 Å². The lowest BCUT2D eigenvalue weighted by Crippen LogP contribution is -2.10. The van der Waals surface area contributed by atoms with Crippen molar-refractivity contribution in [2.75, 3.05) is 6.61 Å². The summed E-state index contributed by atoms with van der Waals surface area (Å²) in [5.74, 6) is 0. The first-order valence-corrected chi connectivity index (χ1v) is 2.96. The summed E-state index contributed by atoms with van der Waals surface area (Å²) < 4.78 is 3.01. The van der Waals surface area contributed by atoms with Crippen molar-refractivity contribution < 1.29 is 4.43 Å². The van der Waals surface area contributed by atoms with Crippen LogP contribution >= 0.6 is 34.8 Å². The molecule has 0 saturated carbocycles. The highest BCUT2D eigenvalue weighted by molar-refractivity contribution is 6.67. The monoisotopic (exact) mass is 175 g/mol. The predicted molar refractivity (Wildman–Crippen MR) is 32.0 cm³/mol. The van der Waals surface area contributed by atoms with Crippen LogP contribution in [-0.2, 0) is 4.43 Å². The predicted octanol–water partition coefficient (Wildman–Crippen LogP) is 1.46. The summed E-state index contributed by atoms with van der Waals surface area (Å²) in [6, 6.07) is 0. The summed E-state index contributed by atoms with van der Waals surface area (Å²) in [5, 5.41) is 0. The van der Waals surface area contributed by atoms with Gasteiger partial charge in [0.15, 0.2) is 0 Å². The molecule has 0 bridgehead atoms. The number of halogens is 3. The van der Waals surface area contributed by atoms with Crippen LogP contribution in [-0.4, -0.2) is 20.9 Å². The molecule has 0 aliphatic heterocycles. The zero-order chi connectivity index (χ0) is 5.91. The van der Waals surface area contributed by atoms with Crippen molar-refractivity contribution in [1.29, 1.82) is 0 Å². The third kappa shape index (κ3) is 7.05. The van der Waals surface area contributed by atoms with Crippen LogP contribution in [0.4, 0.5) is 0 Å². The molecule has 0 amide bonds. The first-order valence-electron chi connectivity index (χ1n) is 1.41. The van der Waals surface area contributed by atoms with Crippen LogP contribution in [0.2, 0.25) is 0 Å². The number of alkyl halides is 3. The zero-order valence-corrected chi connectivity index (χ0v) is 6.52. The molecule has 0 N–H and O–H groups in total. The third-order valence-corrected chi connectivity index (χ3v) is 0.707. The van der Waals surface area contributed by atoms with E-state index in [0.29, 0.717) is 0 Å². The molecular weight excluding hydrogens is 174 g/mol. The van der Waals surface area contributed by atoms with Crippen molar-refractivity contribution in [3.05, 3.63) is 0 Å². The van der Waals surface area contributed by atoms with E-state index in [4.69, 9.17) is 34.8 Å². The van der Waals surface area contributed by atoms with Gasteiger partial charge in [-0.1, -0.05) is 34.8 Å². The molecule has 41 valence electrons. The topological polar surface area (TPSA) is 9.23 Å². The second kappa shape index (κ2) is 3.15. The maximum Gasteiger partial charge on any atom is 0.246 e. The van der Waals surface area contributed by atoms with Gasteiger partial charge in [-0.05, 0) is 0 Å². The van der Waals surface area contributed by atoms with Crippen LogP contribution in [0, 0.1) is 0 Å². The van der Waals surface area contributed by atoms with Crippen LogP contribution in [0.3, 0.4) is 0 Å². The molecule has 3 radical (unpaired) electrons. The molecule has 0 aromatic rings. The van der Waals surface area contributed by atoms with Crippen LogP contribution in [0.25, 0.3) is 0 Å². The molecule has 1 nitrogen and oxygen atoms in total. The summed E-state index contributed by atoms with van der Waals surface area (Å²) >= 11 is 15.6. The van der Waals surface area contributed by atoms with Gasteiger partial charge in [-0.3, -0.25) is 0 Å². The van der Waals surface area contributed by atoms with Gasteiger partial charge in [0.25, 0.3) is 0 Å². The van der Waals surface area contributed by atoms with Gasteiger partial charge in [0.1, 0.15) is 0 Å². The molecule has 0 aliphatic rings. The second-order valence-electron chi connectivity index (χ2n) is 0.904. The molecule has 0 unspecified atom stereocenters. The van der Waals surface area contributed by atoms with E-state index in [2.05, 4.69) is 14.9 Å². The van der Waals surface area contributed by atoms with E-state index in [1.807, 2.05) is 0 Å². The maximum absolute atomic E-state index is 5.21. The highest BCUT2D eigenvalue weighted by Crippen LogP contribution is 2.25. The largest absolute Gasteiger partial charge is 0.414 e. The lowest BCUT2D eigenvalue weighted by atomic mass is 10.9. The molecule has 0 fully saturated rings. The molecule has 0 atom stereocenters. The van der Waals surface area contributed by atoms with Crippen molar-refractivity contribution in [3.8, 4) is 0 Å². The smallest absolute Gasteiger partial charge is 0.246 e. The fourth-order valence-electron chi connectivity index (χ4n) is 0.0818. The van der Waals surface area contributed by atoms with E-state index in [-0.39, 0.29) is 6.61 Å². The highest BCUT2D eigenvalue weighted by atomic mass is 35.6. The fourth-order valence-corrected chi connectivity index (χ4v) is 0.736. The summed E-state index contributed by atoms with van der Waals surface area (Å²) in [6.07, 6.45) is 0. The van der Waals surface area contributed by atoms with E-state index in [0.717, 1.165) is 0 Å². The van der Waals surface area contributed by atoms with Crippen molar-refractivity contribution in [2.45, 2.75) is 3.79 Å². The molecule has 0 rings (SSSR count). The van der Waals surface area contributed by atoms with Gasteiger partial charge in [-0.2, -0.15) is 0 Å². The fraction of sp³-hybridized carbons (Fsp3) is 1.00. The first kappa shape index (κ1) is 8.05. The van der Waals surface area contributed by atoms with Gasteiger partial charge >= 0.3 is 0 Å². The Morgan fingerprint density at radius 1 is 1.43 bits per heavy atom. The number of rotatable bonds is 1. The van der Waals surface area contributed by atoms with E-state index in [1.54, 1.807) is 0 Å². The molecule has 7 heavy (non-hydrogen) atoms. The summed E-state index contributed by atoms with van der Waals surface area (Å²) in [4.78, 5) is 0. The Morgan fingerprint density at radius 3 is 1.86 bits per heavy atom. The Labute approximate surface area is 60.4 Å². The van der Waals surface area contributed by atoms with Crippen molar-refractivity contribution in [1.82, 2.24) is 0 Å². The summed E-state index contributed by atoms with van der Waals surface area (Å²) in [6.45, 7) is 0.0502. The van der Waals surface area contributed by atoms with Crippen molar-refractivity contribution >= 4 is 45.3 Å². The van der Waals surface area contributed by atoms with E-state index in [1.165, 1.54) is 0 Å². The molecule has 0 heterocycles. The minimum Gasteiger partial charge on any atom is -0.414 e. The maximum atomic E-state index is 5.21. The Kier molecular flexibility index (Phi) is 3.62. The van der Waals surface area contributed by atoms with Crippen LogP contribution < -0.4 is 0 Å². The molecular formula is C2H2Cl3OSi. The van der Waals surface area contributed by atoms with Gasteiger partial charge < -0.3 is 4.43 Å². The third-order valence-electron chi connectivity index (χ3n) is 0.236. The Bertz CT molecular complexity index is 51.4. The van der Waals surface area contributed by atoms with Gasteiger partial charge in [-0.25, -0.2) is 0 Å². The minimum atomic E-state index is -1.30. The molecule has 0 spiro atoms. The lowest BCUT2D eigenvalue weighted by Gasteiger charge is -2.06. The van der Waals surface area contributed by atoms with Gasteiger partial charge in [-0.15, -0.1) is 0 Å². The SMILES string of the molecule is [Si]OCC(Cl)(Cl)Cl. The minimum absolute atomic E-state index is 0.0502. The summed E-state index contributed by atoms with van der Waals surface area (Å²) in [5.41, 5.74) is 0. The van der Waals surface area contributed by atoms with Crippen LogP contribution in [0.15, 0.2) is 0 Å². The Morgan fingerprint density at radius 2 is 1.86 bits per heavy atom. The number of hydrogen-bond donors (Lipinski definition) is 0. The normalized spacial score (nSPS) is 12.0. The van der Waals surface area contributed by atoms with Crippen molar-refractivity contribution in [2.24, 2.45) is 0 Å². The standard InChI is InChI=1S/C2H2Cl3OSi/c3-2(4,5)1-6-7/h1H2. The van der Waals surface area contributed by atoms with E-state index in [9.17, 15) is 0 Å². The Balaban J connectivity index is 3.15. The highest BCUT2D eigenvalue weighted by Gasteiger charge is 2.17. The number of hydrogen-bond acceptors (Lipinski definition) is 1. The average molecular weight is 176 g/mol. The average Bonchev–Trinajstić information content (AvgIpc) is 1.30. The molecule has 5 heteroatoms. The summed E-state index contributed by atoms with van der Waals surface area (Å²) in [7, 11) is 2.67. The van der Waals surface area contributed by atoms with Gasteiger partial charge in [0, 0.05) is 0 Å². The van der Waals surface area contributed by atoms with Gasteiger partial charge in [0.05, 0.1) is 6.61 Å². The lowest BCUT2D eigenvalue weighted by molar-refractivity contribution is 0.359. The van der Waals surface area contributed by atoms with Crippen LogP contribution in [0.5, 0.6) is 0 Å². The van der Waals surface area contributed by atoms with Crippen LogP contribution in [0.1, 0.15) is 0 Å².